The molecule has 0 aliphatic heterocycles. The Morgan fingerprint density at radius 1 is 0.761 bits per heavy atom. The molecule has 5 aromatic rings. The predicted molar refractivity (Wildman–Crippen MR) is 178 cm³/mol. The third-order valence-corrected chi connectivity index (χ3v) is 8.56. The minimum atomic E-state index is -1.35. The molecule has 5 aromatic carbocycles. The second-order valence-corrected chi connectivity index (χ2v) is 11.7. The maximum absolute atomic E-state index is 12.7. The molecule has 0 saturated heterocycles. The van der Waals surface area contributed by atoms with Gasteiger partial charge in [0.15, 0.2) is 0 Å². The van der Waals surface area contributed by atoms with E-state index in [0.29, 0.717) is 39.2 Å². The maximum Gasteiger partial charge on any atom is 0.491 e. The molecule has 1 aliphatic carbocycles. The van der Waals surface area contributed by atoms with Gasteiger partial charge in [-0.15, -0.1) is 0 Å². The number of rotatable bonds is 9. The second kappa shape index (κ2) is 13.1. The van der Waals surface area contributed by atoms with Gasteiger partial charge in [0.05, 0.1) is 11.7 Å². The summed E-state index contributed by atoms with van der Waals surface area (Å²) in [5.41, 5.74) is 1.09. The Labute approximate surface area is 268 Å². The van der Waals surface area contributed by atoms with Crippen LogP contribution in [-0.4, -0.2) is 41.8 Å². The van der Waals surface area contributed by atoms with Crippen LogP contribution in [0, 0.1) is 0 Å². The average Bonchev–Trinajstić information content (AvgIpc) is 3.06. The van der Waals surface area contributed by atoms with Crippen LogP contribution in [0.4, 0.5) is 0 Å². The fourth-order valence-corrected chi connectivity index (χ4v) is 6.38. The van der Waals surface area contributed by atoms with Crippen molar-refractivity contribution in [2.24, 2.45) is 0 Å². The van der Waals surface area contributed by atoms with Gasteiger partial charge in [-0.3, -0.25) is 9.59 Å². The van der Waals surface area contributed by atoms with Crippen molar-refractivity contribution in [3.63, 3.8) is 0 Å². The number of carbonyl (C=O) groups excluding carboxylic acids is 2. The predicted octanol–water partition coefficient (Wildman–Crippen LogP) is 4.79. The number of carbonyl (C=O) groups is 2. The summed E-state index contributed by atoms with van der Waals surface area (Å²) in [5, 5.41) is 25.5. The van der Waals surface area contributed by atoms with Gasteiger partial charge in [-0.1, -0.05) is 91.9 Å². The van der Waals surface area contributed by atoms with Crippen molar-refractivity contribution in [1.29, 1.82) is 0 Å². The van der Waals surface area contributed by atoms with Crippen LogP contribution in [-0.2, 0) is 25.3 Å². The molecule has 6 rings (SSSR count). The molecule has 46 heavy (non-hydrogen) atoms. The number of fused-ring (bicyclic) bond motifs is 3. The molecule has 0 unspecified atom stereocenters. The van der Waals surface area contributed by atoms with Crippen LogP contribution in [0.3, 0.4) is 0 Å². The Morgan fingerprint density at radius 3 is 1.80 bits per heavy atom. The van der Waals surface area contributed by atoms with E-state index in [1.165, 1.54) is 13.8 Å². The summed E-state index contributed by atoms with van der Waals surface area (Å²) < 4.78 is 24.9. The minimum Gasteiger partial charge on any atom is -0.426 e. The van der Waals surface area contributed by atoms with Crippen molar-refractivity contribution >= 4 is 58.6 Å². The largest absolute Gasteiger partial charge is 0.491 e. The first-order chi connectivity index (χ1) is 22.2. The van der Waals surface area contributed by atoms with Gasteiger partial charge < -0.3 is 28.8 Å². The molecule has 0 fully saturated rings. The lowest BCUT2D eigenvalue weighted by Gasteiger charge is -2.44. The van der Waals surface area contributed by atoms with Crippen LogP contribution < -0.4 is 20.4 Å². The van der Waals surface area contributed by atoms with E-state index in [-0.39, 0.29) is 24.3 Å². The van der Waals surface area contributed by atoms with Crippen LogP contribution in [0.25, 0.3) is 21.5 Å². The molecule has 10 heteroatoms. The van der Waals surface area contributed by atoms with E-state index in [1.807, 2.05) is 67.6 Å². The Hall–Kier alpha value is -4.47. The Morgan fingerprint density at radius 2 is 1.26 bits per heavy atom. The number of ether oxygens (including phenoxy) is 2. The number of benzene rings is 5. The number of hydrogen-bond donors (Lipinski definition) is 2. The van der Waals surface area contributed by atoms with Crippen LogP contribution >= 0.6 is 0 Å². The lowest BCUT2D eigenvalue weighted by atomic mass is 9.70. The van der Waals surface area contributed by atoms with E-state index >= 15 is 0 Å². The lowest BCUT2D eigenvalue weighted by molar-refractivity contribution is -0.133. The maximum atomic E-state index is 12.7. The molecule has 2 atom stereocenters. The van der Waals surface area contributed by atoms with Gasteiger partial charge in [0.2, 0.25) is 0 Å². The molecule has 0 aromatic heterocycles. The Kier molecular flexibility index (Phi) is 8.97. The van der Waals surface area contributed by atoms with Gasteiger partial charge in [-0.05, 0) is 40.3 Å². The van der Waals surface area contributed by atoms with E-state index in [4.69, 9.17) is 18.8 Å². The molecule has 0 spiro atoms. The first-order valence-corrected chi connectivity index (χ1v) is 15.4. The van der Waals surface area contributed by atoms with E-state index in [9.17, 15) is 19.6 Å². The topological polar surface area (TPSA) is 112 Å². The third kappa shape index (κ3) is 6.30. The zero-order valence-corrected chi connectivity index (χ0v) is 25.9. The molecule has 0 amide bonds. The van der Waals surface area contributed by atoms with Crippen molar-refractivity contribution in [3.05, 3.63) is 108 Å². The van der Waals surface area contributed by atoms with Crippen LogP contribution in [0.1, 0.15) is 50.8 Å². The highest BCUT2D eigenvalue weighted by Crippen LogP contribution is 2.53. The SMILES string of the molecule is CC[C@]1(OB(O)c2ccccc2)Cc2c(c(OC(C)=O)c3cc4ccccc4cc3c2OC(C)=O)[C@@H](OB(O)c2ccccc2)C1. The summed E-state index contributed by atoms with van der Waals surface area (Å²) in [6.07, 6.45) is -0.0715. The molecular weight excluding hydrogens is 582 g/mol. The first kappa shape index (κ1) is 31.5. The van der Waals surface area contributed by atoms with Crippen LogP contribution in [0.2, 0.25) is 0 Å². The summed E-state index contributed by atoms with van der Waals surface area (Å²) in [6.45, 7) is 4.60. The number of esters is 2. The van der Waals surface area contributed by atoms with Gasteiger partial charge in [0.1, 0.15) is 11.5 Å². The van der Waals surface area contributed by atoms with E-state index in [0.717, 1.165) is 10.8 Å². The zero-order chi connectivity index (χ0) is 32.4. The van der Waals surface area contributed by atoms with Gasteiger partial charge in [0, 0.05) is 48.6 Å². The molecule has 1 aliphatic rings. The summed E-state index contributed by atoms with van der Waals surface area (Å²) in [4.78, 5) is 25.3. The van der Waals surface area contributed by atoms with Crippen LogP contribution in [0.5, 0.6) is 11.5 Å². The highest BCUT2D eigenvalue weighted by atomic mass is 16.6. The zero-order valence-electron chi connectivity index (χ0n) is 25.9. The molecule has 0 bridgehead atoms. The normalized spacial score (nSPS) is 17.4. The van der Waals surface area contributed by atoms with Crippen molar-refractivity contribution in [3.8, 4) is 11.5 Å². The molecule has 232 valence electrons. The molecule has 0 saturated carbocycles. The van der Waals surface area contributed by atoms with Gasteiger partial charge in [-0.2, -0.15) is 0 Å². The molecule has 0 heterocycles. The van der Waals surface area contributed by atoms with E-state index < -0.39 is 37.9 Å². The second-order valence-electron chi connectivity index (χ2n) is 11.7. The van der Waals surface area contributed by atoms with Crippen LogP contribution in [0.15, 0.2) is 97.1 Å². The van der Waals surface area contributed by atoms with Gasteiger partial charge >= 0.3 is 26.2 Å². The van der Waals surface area contributed by atoms with E-state index in [1.54, 1.807) is 36.4 Å². The molecule has 2 N–H and O–H groups in total. The Bertz CT molecular complexity index is 1900. The summed E-state index contributed by atoms with van der Waals surface area (Å²) in [7, 11) is -2.61. The summed E-state index contributed by atoms with van der Waals surface area (Å²) >= 11 is 0. The van der Waals surface area contributed by atoms with Crippen molar-refractivity contribution in [1.82, 2.24) is 0 Å². The fourth-order valence-electron chi connectivity index (χ4n) is 6.38. The average molecular weight is 616 g/mol. The fraction of sp³-hybridized carbons (Fsp3) is 0.222. The quantitative estimate of drug-likeness (QED) is 0.105. The Balaban J connectivity index is 1.61. The highest BCUT2D eigenvalue weighted by molar-refractivity contribution is 6.60. The highest BCUT2D eigenvalue weighted by Gasteiger charge is 2.46. The van der Waals surface area contributed by atoms with Gasteiger partial charge in [0.25, 0.3) is 0 Å². The first-order valence-electron chi connectivity index (χ1n) is 15.4. The van der Waals surface area contributed by atoms with Crippen molar-refractivity contribution < 1.29 is 38.4 Å². The minimum absolute atomic E-state index is 0.192. The lowest BCUT2D eigenvalue weighted by Crippen LogP contribution is -2.50. The van der Waals surface area contributed by atoms with Crippen molar-refractivity contribution in [2.75, 3.05) is 0 Å². The van der Waals surface area contributed by atoms with Crippen molar-refractivity contribution in [2.45, 2.75) is 51.7 Å². The van der Waals surface area contributed by atoms with E-state index in [2.05, 4.69) is 0 Å². The number of hydrogen-bond acceptors (Lipinski definition) is 8. The third-order valence-electron chi connectivity index (χ3n) is 8.56. The summed E-state index contributed by atoms with van der Waals surface area (Å²) in [6, 6.07) is 29.5. The summed E-state index contributed by atoms with van der Waals surface area (Å²) in [5.74, 6) is -0.520. The monoisotopic (exact) mass is 616 g/mol. The molecule has 0 radical (unpaired) electrons. The molecular formula is C36H34B2O8. The molecule has 8 nitrogen and oxygen atoms in total. The standard InChI is InChI=1S/C36H34B2O8/c1-4-36(46-38(42)28-17-9-6-10-18-28)21-31-33(32(22-36)45-37(41)27-15-7-5-8-16-27)35(44-24(3)40)30-20-26-14-12-11-13-25(26)19-29(30)34(31)43-23(2)39/h5-20,32,41-42H,4,21-22H2,1-3H3/t32-,36-/m0/s1. The smallest absolute Gasteiger partial charge is 0.426 e. The van der Waals surface area contributed by atoms with Gasteiger partial charge in [-0.25, -0.2) is 0 Å².